The number of hydrogen-bond donors (Lipinski definition) is 1. The van der Waals surface area contributed by atoms with E-state index >= 15 is 0 Å². The van der Waals surface area contributed by atoms with Gasteiger partial charge in [0.25, 0.3) is 0 Å². The van der Waals surface area contributed by atoms with Crippen LogP contribution in [0.4, 0.5) is 5.69 Å². The lowest BCUT2D eigenvalue weighted by atomic mass is 10.1. The van der Waals surface area contributed by atoms with Crippen molar-refractivity contribution in [1.82, 2.24) is 0 Å². The van der Waals surface area contributed by atoms with E-state index in [-0.39, 0.29) is 6.61 Å². The minimum atomic E-state index is 0.108. The monoisotopic (exact) mass is 189 g/mol. The molecule has 0 amide bonds. The van der Waals surface area contributed by atoms with E-state index < -0.39 is 0 Å². The summed E-state index contributed by atoms with van der Waals surface area (Å²) in [7, 11) is 2.12. The summed E-state index contributed by atoms with van der Waals surface area (Å²) in [6.45, 7) is 1.22. The zero-order chi connectivity index (χ0) is 9.97. The van der Waals surface area contributed by atoms with E-state index in [0.29, 0.717) is 0 Å². The van der Waals surface area contributed by atoms with E-state index in [4.69, 9.17) is 5.11 Å². The molecule has 0 radical (unpaired) electrons. The van der Waals surface area contributed by atoms with E-state index in [1.165, 1.54) is 16.8 Å². The van der Waals surface area contributed by atoms with Gasteiger partial charge in [-0.3, -0.25) is 0 Å². The molecular formula is C12H15NO. The molecular weight excluding hydrogens is 174 g/mol. The molecule has 1 heterocycles. The second-order valence-corrected chi connectivity index (χ2v) is 3.64. The Balaban J connectivity index is 2.28. The Kier molecular flexibility index (Phi) is 2.55. The molecule has 0 bridgehead atoms. The average Bonchev–Trinajstić information content (AvgIpc) is 2.57. The SMILES string of the molecule is CN1CCc2cc(C=CCO)ccc21. The van der Waals surface area contributed by atoms with Crippen LogP contribution < -0.4 is 4.90 Å². The van der Waals surface area contributed by atoms with Crippen LogP contribution in [0.5, 0.6) is 0 Å². The van der Waals surface area contributed by atoms with Crippen LogP contribution in [-0.4, -0.2) is 25.3 Å². The molecule has 1 aromatic rings. The van der Waals surface area contributed by atoms with Crippen molar-refractivity contribution in [3.05, 3.63) is 35.4 Å². The third-order valence-electron chi connectivity index (χ3n) is 2.65. The molecule has 1 N–H and O–H groups in total. The summed E-state index contributed by atoms with van der Waals surface area (Å²) in [6, 6.07) is 6.44. The average molecular weight is 189 g/mol. The van der Waals surface area contributed by atoms with Crippen molar-refractivity contribution in [2.24, 2.45) is 0 Å². The molecule has 0 saturated heterocycles. The molecule has 0 saturated carbocycles. The predicted molar refractivity (Wildman–Crippen MR) is 59.5 cm³/mol. The van der Waals surface area contributed by atoms with Gasteiger partial charge in [0.2, 0.25) is 0 Å². The van der Waals surface area contributed by atoms with E-state index in [2.05, 4.69) is 30.1 Å². The van der Waals surface area contributed by atoms with Gasteiger partial charge in [0.15, 0.2) is 0 Å². The van der Waals surface area contributed by atoms with Crippen molar-refractivity contribution in [3.8, 4) is 0 Å². The van der Waals surface area contributed by atoms with Crippen LogP contribution in [0.15, 0.2) is 24.3 Å². The van der Waals surface area contributed by atoms with Gasteiger partial charge < -0.3 is 10.0 Å². The summed E-state index contributed by atoms with van der Waals surface area (Å²) in [5.74, 6) is 0. The zero-order valence-electron chi connectivity index (χ0n) is 8.40. The molecule has 0 fully saturated rings. The highest BCUT2D eigenvalue weighted by Gasteiger charge is 2.14. The maximum Gasteiger partial charge on any atom is 0.0615 e. The molecule has 0 unspecified atom stereocenters. The van der Waals surface area contributed by atoms with Crippen molar-refractivity contribution < 1.29 is 5.11 Å². The molecule has 2 nitrogen and oxygen atoms in total. The number of aliphatic hydroxyl groups is 1. The van der Waals surface area contributed by atoms with Crippen LogP contribution in [0.2, 0.25) is 0 Å². The number of hydrogen-bond acceptors (Lipinski definition) is 2. The van der Waals surface area contributed by atoms with Crippen LogP contribution in [0.1, 0.15) is 11.1 Å². The van der Waals surface area contributed by atoms with Crippen molar-refractivity contribution in [2.45, 2.75) is 6.42 Å². The lowest BCUT2D eigenvalue weighted by molar-refractivity contribution is 0.343. The summed E-state index contributed by atoms with van der Waals surface area (Å²) >= 11 is 0. The largest absolute Gasteiger partial charge is 0.392 e. The summed E-state index contributed by atoms with van der Waals surface area (Å²) < 4.78 is 0. The molecule has 0 aliphatic carbocycles. The lowest BCUT2D eigenvalue weighted by Gasteiger charge is -2.11. The summed E-state index contributed by atoms with van der Waals surface area (Å²) in [5, 5.41) is 8.67. The Labute approximate surface area is 84.5 Å². The van der Waals surface area contributed by atoms with Crippen LogP contribution in [-0.2, 0) is 6.42 Å². The Bertz CT molecular complexity index is 357. The maximum absolute atomic E-state index is 8.67. The number of rotatable bonds is 2. The van der Waals surface area contributed by atoms with Gasteiger partial charge in [-0.15, -0.1) is 0 Å². The first-order chi connectivity index (χ1) is 6.81. The first-order valence-electron chi connectivity index (χ1n) is 4.93. The van der Waals surface area contributed by atoms with Gasteiger partial charge in [-0.25, -0.2) is 0 Å². The third-order valence-corrected chi connectivity index (χ3v) is 2.65. The molecule has 0 spiro atoms. The molecule has 0 atom stereocenters. The number of anilines is 1. The normalized spacial score (nSPS) is 15.1. The zero-order valence-corrected chi connectivity index (χ0v) is 8.40. The first kappa shape index (κ1) is 9.28. The van der Waals surface area contributed by atoms with Gasteiger partial charge in [0, 0.05) is 19.3 Å². The van der Waals surface area contributed by atoms with Crippen LogP contribution >= 0.6 is 0 Å². The fraction of sp³-hybridized carbons (Fsp3) is 0.333. The van der Waals surface area contributed by atoms with Gasteiger partial charge in [0.1, 0.15) is 0 Å². The number of benzene rings is 1. The second kappa shape index (κ2) is 3.84. The van der Waals surface area contributed by atoms with E-state index in [1.807, 2.05) is 6.08 Å². The number of likely N-dealkylation sites (N-methyl/N-ethyl adjacent to an activating group) is 1. The lowest BCUT2D eigenvalue weighted by Crippen LogP contribution is -2.12. The van der Waals surface area contributed by atoms with Crippen molar-refractivity contribution in [2.75, 3.05) is 25.1 Å². The number of aliphatic hydroxyl groups excluding tert-OH is 1. The summed E-state index contributed by atoms with van der Waals surface area (Å²) in [4.78, 5) is 2.27. The molecule has 1 aromatic carbocycles. The van der Waals surface area contributed by atoms with E-state index in [0.717, 1.165) is 13.0 Å². The summed E-state index contributed by atoms with van der Waals surface area (Å²) in [5.41, 5.74) is 3.92. The van der Waals surface area contributed by atoms with Crippen molar-refractivity contribution in [3.63, 3.8) is 0 Å². The topological polar surface area (TPSA) is 23.5 Å². The molecule has 1 aliphatic rings. The molecule has 2 heteroatoms. The van der Waals surface area contributed by atoms with Gasteiger partial charge in [-0.1, -0.05) is 18.2 Å². The summed E-state index contributed by atoms with van der Waals surface area (Å²) in [6.07, 6.45) is 4.85. The fourth-order valence-corrected chi connectivity index (χ4v) is 1.88. The van der Waals surface area contributed by atoms with Crippen LogP contribution in [0, 0.1) is 0 Å². The predicted octanol–water partition coefficient (Wildman–Crippen LogP) is 1.68. The standard InChI is InChI=1S/C12H15NO/c1-13-7-6-11-9-10(3-2-8-14)4-5-12(11)13/h2-5,9,14H,6-8H2,1H3. The van der Waals surface area contributed by atoms with Gasteiger partial charge in [-0.05, 0) is 29.7 Å². The highest BCUT2D eigenvalue weighted by molar-refractivity contribution is 5.63. The third kappa shape index (κ3) is 1.66. The minimum absolute atomic E-state index is 0.108. The number of fused-ring (bicyclic) bond motifs is 1. The smallest absolute Gasteiger partial charge is 0.0615 e. The second-order valence-electron chi connectivity index (χ2n) is 3.64. The molecule has 14 heavy (non-hydrogen) atoms. The highest BCUT2D eigenvalue weighted by atomic mass is 16.2. The van der Waals surface area contributed by atoms with Gasteiger partial charge in [0.05, 0.1) is 6.61 Å². The van der Waals surface area contributed by atoms with Gasteiger partial charge >= 0.3 is 0 Å². The van der Waals surface area contributed by atoms with E-state index in [1.54, 1.807) is 6.08 Å². The van der Waals surface area contributed by atoms with Crippen molar-refractivity contribution >= 4 is 11.8 Å². The Morgan fingerprint density at radius 2 is 2.36 bits per heavy atom. The first-order valence-corrected chi connectivity index (χ1v) is 4.93. The fourth-order valence-electron chi connectivity index (χ4n) is 1.88. The van der Waals surface area contributed by atoms with Crippen molar-refractivity contribution in [1.29, 1.82) is 0 Å². The Hall–Kier alpha value is -1.28. The van der Waals surface area contributed by atoms with Crippen LogP contribution in [0.3, 0.4) is 0 Å². The Morgan fingerprint density at radius 1 is 1.50 bits per heavy atom. The number of nitrogens with zero attached hydrogens (tertiary/aromatic N) is 1. The van der Waals surface area contributed by atoms with E-state index in [9.17, 15) is 0 Å². The highest BCUT2D eigenvalue weighted by Crippen LogP contribution is 2.27. The van der Waals surface area contributed by atoms with Gasteiger partial charge in [-0.2, -0.15) is 0 Å². The molecule has 74 valence electrons. The molecule has 1 aliphatic heterocycles. The maximum atomic E-state index is 8.67. The molecule has 2 rings (SSSR count). The molecule has 0 aromatic heterocycles. The van der Waals surface area contributed by atoms with Crippen LogP contribution in [0.25, 0.3) is 6.08 Å². The minimum Gasteiger partial charge on any atom is -0.392 e. The quantitative estimate of drug-likeness (QED) is 0.765. The Morgan fingerprint density at radius 3 is 3.14 bits per heavy atom.